The highest BCUT2D eigenvalue weighted by atomic mass is 35.5. The number of hydrogen-bond donors (Lipinski definition) is 2. The van der Waals surface area contributed by atoms with Gasteiger partial charge in [0.2, 0.25) is 0 Å². The molecule has 2 N–H and O–H groups in total. The van der Waals surface area contributed by atoms with Crippen LogP contribution in [0.1, 0.15) is 28.9 Å². The standard InChI is InChI=1S/C10H9Cl2N5O/c1-5(6-3-13-14-4-6)15-10(18)7-2-8(11)16-17-9(7)12/h2-5H,1H3,(H,13,14)(H,15,18). The maximum absolute atomic E-state index is 12.0. The molecule has 6 nitrogen and oxygen atoms in total. The zero-order valence-corrected chi connectivity index (χ0v) is 10.8. The molecule has 8 heteroatoms. The smallest absolute Gasteiger partial charge is 0.255 e. The molecule has 0 aliphatic heterocycles. The zero-order chi connectivity index (χ0) is 13.1. The number of aromatic nitrogens is 4. The second kappa shape index (κ2) is 5.32. The zero-order valence-electron chi connectivity index (χ0n) is 9.32. The van der Waals surface area contributed by atoms with E-state index in [2.05, 4.69) is 25.7 Å². The summed E-state index contributed by atoms with van der Waals surface area (Å²) in [5.74, 6) is -0.370. The molecule has 0 saturated heterocycles. The predicted octanol–water partition coefficient (Wildman–Crippen LogP) is 2.00. The summed E-state index contributed by atoms with van der Waals surface area (Å²) in [5, 5.41) is 16.5. The van der Waals surface area contributed by atoms with Crippen molar-refractivity contribution in [1.29, 1.82) is 0 Å². The van der Waals surface area contributed by atoms with Crippen molar-refractivity contribution in [2.24, 2.45) is 0 Å². The van der Waals surface area contributed by atoms with E-state index in [1.165, 1.54) is 6.07 Å². The number of halogens is 2. The largest absolute Gasteiger partial charge is 0.345 e. The van der Waals surface area contributed by atoms with E-state index in [0.717, 1.165) is 5.56 Å². The van der Waals surface area contributed by atoms with Gasteiger partial charge in [0, 0.05) is 11.8 Å². The number of amides is 1. The first-order chi connectivity index (χ1) is 8.58. The summed E-state index contributed by atoms with van der Waals surface area (Å²) in [7, 11) is 0. The lowest BCUT2D eigenvalue weighted by Crippen LogP contribution is -2.27. The molecule has 2 aromatic rings. The van der Waals surface area contributed by atoms with E-state index < -0.39 is 0 Å². The first-order valence-corrected chi connectivity index (χ1v) is 5.82. The fourth-order valence-corrected chi connectivity index (χ4v) is 1.69. The summed E-state index contributed by atoms with van der Waals surface area (Å²) >= 11 is 11.5. The Hall–Kier alpha value is -1.66. The topological polar surface area (TPSA) is 83.6 Å². The lowest BCUT2D eigenvalue weighted by Gasteiger charge is -2.12. The Morgan fingerprint density at radius 2 is 2.22 bits per heavy atom. The van der Waals surface area contributed by atoms with Gasteiger partial charge in [-0.1, -0.05) is 23.2 Å². The van der Waals surface area contributed by atoms with E-state index in [9.17, 15) is 4.79 Å². The predicted molar refractivity (Wildman–Crippen MR) is 66.5 cm³/mol. The van der Waals surface area contributed by atoms with Crippen molar-refractivity contribution < 1.29 is 4.79 Å². The lowest BCUT2D eigenvalue weighted by molar-refractivity contribution is 0.0939. The van der Waals surface area contributed by atoms with E-state index >= 15 is 0 Å². The van der Waals surface area contributed by atoms with Crippen LogP contribution in [0.2, 0.25) is 10.3 Å². The monoisotopic (exact) mass is 285 g/mol. The SMILES string of the molecule is CC(NC(=O)c1cc(Cl)nnc1Cl)c1cn[nH]c1. The van der Waals surface area contributed by atoms with Crippen LogP contribution in [0.3, 0.4) is 0 Å². The summed E-state index contributed by atoms with van der Waals surface area (Å²) in [6, 6.07) is 1.16. The van der Waals surface area contributed by atoms with Crippen molar-refractivity contribution >= 4 is 29.1 Å². The second-order valence-corrected chi connectivity index (χ2v) is 4.34. The number of hydrogen-bond acceptors (Lipinski definition) is 4. The molecule has 18 heavy (non-hydrogen) atoms. The van der Waals surface area contributed by atoms with E-state index in [-0.39, 0.29) is 27.8 Å². The fourth-order valence-electron chi connectivity index (χ4n) is 1.37. The molecule has 1 amide bonds. The molecule has 0 aliphatic rings. The van der Waals surface area contributed by atoms with Crippen LogP contribution >= 0.6 is 23.2 Å². The number of nitrogens with zero attached hydrogens (tertiary/aromatic N) is 3. The normalized spacial score (nSPS) is 12.2. The first-order valence-electron chi connectivity index (χ1n) is 5.06. The van der Waals surface area contributed by atoms with E-state index in [1.807, 2.05) is 6.92 Å². The Morgan fingerprint density at radius 3 is 2.89 bits per heavy atom. The van der Waals surface area contributed by atoms with Gasteiger partial charge in [0.1, 0.15) is 0 Å². The van der Waals surface area contributed by atoms with Gasteiger partial charge in [0.15, 0.2) is 10.3 Å². The molecule has 94 valence electrons. The van der Waals surface area contributed by atoms with Gasteiger partial charge < -0.3 is 5.32 Å². The summed E-state index contributed by atoms with van der Waals surface area (Å²) in [4.78, 5) is 12.0. The Balaban J connectivity index is 2.15. The van der Waals surface area contributed by atoms with Crippen LogP contribution in [0.15, 0.2) is 18.5 Å². The van der Waals surface area contributed by atoms with Gasteiger partial charge in [-0.15, -0.1) is 10.2 Å². The Kier molecular flexibility index (Phi) is 3.78. The van der Waals surface area contributed by atoms with Gasteiger partial charge in [-0.2, -0.15) is 5.10 Å². The third kappa shape index (κ3) is 2.77. The number of rotatable bonds is 3. The molecule has 0 fully saturated rings. The summed E-state index contributed by atoms with van der Waals surface area (Å²) in [6.07, 6.45) is 3.33. The van der Waals surface area contributed by atoms with Gasteiger partial charge in [-0.25, -0.2) is 0 Å². The molecule has 0 radical (unpaired) electrons. The van der Waals surface area contributed by atoms with Gasteiger partial charge in [-0.05, 0) is 13.0 Å². The van der Waals surface area contributed by atoms with Gasteiger partial charge >= 0.3 is 0 Å². The number of carbonyl (C=O) groups is 1. The Labute approximate surface area is 113 Å². The molecule has 1 atom stereocenters. The molecule has 0 spiro atoms. The third-order valence-electron chi connectivity index (χ3n) is 2.33. The Morgan fingerprint density at radius 1 is 1.44 bits per heavy atom. The molecule has 0 aliphatic carbocycles. The molecule has 0 saturated carbocycles. The minimum atomic E-state index is -0.370. The van der Waals surface area contributed by atoms with Crippen LogP contribution in [0.5, 0.6) is 0 Å². The van der Waals surface area contributed by atoms with Crippen molar-refractivity contribution in [3.63, 3.8) is 0 Å². The molecule has 0 aromatic carbocycles. The van der Waals surface area contributed by atoms with Crippen molar-refractivity contribution in [3.05, 3.63) is 39.9 Å². The number of H-pyrrole nitrogens is 1. The fraction of sp³-hybridized carbons (Fsp3) is 0.200. The van der Waals surface area contributed by atoms with Gasteiger partial charge in [0.25, 0.3) is 5.91 Å². The van der Waals surface area contributed by atoms with Gasteiger partial charge in [-0.3, -0.25) is 9.89 Å². The summed E-state index contributed by atoms with van der Waals surface area (Å²) < 4.78 is 0. The minimum Gasteiger partial charge on any atom is -0.345 e. The average Bonchev–Trinajstić information content (AvgIpc) is 2.85. The van der Waals surface area contributed by atoms with Crippen molar-refractivity contribution in [3.8, 4) is 0 Å². The maximum atomic E-state index is 12.0. The highest BCUT2D eigenvalue weighted by Gasteiger charge is 2.16. The second-order valence-electron chi connectivity index (χ2n) is 3.60. The van der Waals surface area contributed by atoms with E-state index in [1.54, 1.807) is 12.4 Å². The average molecular weight is 286 g/mol. The van der Waals surface area contributed by atoms with Crippen LogP contribution in [-0.2, 0) is 0 Å². The number of aromatic amines is 1. The molecule has 2 aromatic heterocycles. The third-order valence-corrected chi connectivity index (χ3v) is 2.79. The molecule has 0 bridgehead atoms. The van der Waals surface area contributed by atoms with Crippen molar-refractivity contribution in [2.45, 2.75) is 13.0 Å². The number of carbonyl (C=O) groups excluding carboxylic acids is 1. The first kappa shape index (κ1) is 12.8. The molecule has 1 unspecified atom stereocenters. The quantitative estimate of drug-likeness (QED) is 0.903. The highest BCUT2D eigenvalue weighted by molar-refractivity contribution is 6.34. The van der Waals surface area contributed by atoms with Crippen LogP contribution in [0.4, 0.5) is 0 Å². The maximum Gasteiger partial charge on any atom is 0.255 e. The minimum absolute atomic E-state index is 0.0105. The molecule has 2 heterocycles. The van der Waals surface area contributed by atoms with Crippen molar-refractivity contribution in [2.75, 3.05) is 0 Å². The number of nitrogens with one attached hydrogen (secondary N) is 2. The molecular formula is C10H9Cl2N5O. The van der Waals surface area contributed by atoms with Crippen LogP contribution in [-0.4, -0.2) is 26.3 Å². The Bertz CT molecular complexity index is 557. The van der Waals surface area contributed by atoms with Gasteiger partial charge in [0.05, 0.1) is 17.8 Å². The lowest BCUT2D eigenvalue weighted by atomic mass is 10.2. The summed E-state index contributed by atoms with van der Waals surface area (Å²) in [5.41, 5.74) is 1.04. The molecule has 2 rings (SSSR count). The van der Waals surface area contributed by atoms with Crippen molar-refractivity contribution in [1.82, 2.24) is 25.7 Å². The van der Waals surface area contributed by atoms with E-state index in [4.69, 9.17) is 23.2 Å². The van der Waals surface area contributed by atoms with Crippen LogP contribution in [0, 0.1) is 0 Å². The van der Waals surface area contributed by atoms with Crippen LogP contribution in [0.25, 0.3) is 0 Å². The molecular weight excluding hydrogens is 277 g/mol. The summed E-state index contributed by atoms with van der Waals surface area (Å²) in [6.45, 7) is 1.83. The van der Waals surface area contributed by atoms with Crippen LogP contribution < -0.4 is 5.32 Å². The van der Waals surface area contributed by atoms with E-state index in [0.29, 0.717) is 0 Å². The highest BCUT2D eigenvalue weighted by Crippen LogP contribution is 2.17.